The first-order valence-corrected chi connectivity index (χ1v) is 11.9. The van der Waals surface area contributed by atoms with Crippen LogP contribution in [0.2, 0.25) is 0 Å². The lowest BCUT2D eigenvalue weighted by molar-refractivity contribution is -0.121. The molecule has 1 saturated carbocycles. The minimum atomic E-state index is -3.72. The fraction of sp³-hybridized carbons (Fsp3) is 0.435. The lowest BCUT2D eigenvalue weighted by atomic mass is 9.95. The van der Waals surface area contributed by atoms with Crippen molar-refractivity contribution in [2.75, 3.05) is 20.2 Å². The smallest absolute Gasteiger partial charge is 0.243 e. The van der Waals surface area contributed by atoms with E-state index in [1.54, 1.807) is 37.4 Å². The molecule has 3 rings (SSSR count). The molecule has 2 aromatic rings. The molecule has 0 spiro atoms. The van der Waals surface area contributed by atoms with Crippen LogP contribution in [0.15, 0.2) is 59.5 Å². The van der Waals surface area contributed by atoms with Crippen molar-refractivity contribution in [1.82, 2.24) is 9.62 Å². The zero-order valence-corrected chi connectivity index (χ0v) is 18.2. The maximum Gasteiger partial charge on any atom is 0.243 e. The van der Waals surface area contributed by atoms with Gasteiger partial charge < -0.3 is 10.1 Å². The number of sulfonamides is 1. The highest BCUT2D eigenvalue weighted by Gasteiger charge is 2.33. The second-order valence-electron chi connectivity index (χ2n) is 7.60. The number of nitrogens with zero attached hydrogens (tertiary/aromatic N) is 1. The van der Waals surface area contributed by atoms with Crippen LogP contribution in [0.1, 0.15) is 37.7 Å². The Kier molecular flexibility index (Phi) is 7.87. The molecular weight excluding hydrogens is 400 g/mol. The molecule has 2 aromatic carbocycles. The third-order valence-electron chi connectivity index (χ3n) is 5.53. The second-order valence-corrected chi connectivity index (χ2v) is 9.49. The quantitative estimate of drug-likeness (QED) is 0.662. The summed E-state index contributed by atoms with van der Waals surface area (Å²) >= 11 is 0. The fourth-order valence-corrected chi connectivity index (χ4v) is 5.51. The molecule has 6 nitrogen and oxygen atoms in total. The van der Waals surface area contributed by atoms with Crippen molar-refractivity contribution in [3.05, 3.63) is 60.2 Å². The zero-order chi connectivity index (χ0) is 21.4. The number of ether oxygens (including phenoxy) is 1. The van der Waals surface area contributed by atoms with E-state index >= 15 is 0 Å². The fourth-order valence-electron chi connectivity index (χ4n) is 3.84. The molecule has 162 valence electrons. The number of carbonyl (C=O) groups excluding carboxylic acids is 1. The molecule has 0 atom stereocenters. The monoisotopic (exact) mass is 430 g/mol. The van der Waals surface area contributed by atoms with Gasteiger partial charge in [-0.3, -0.25) is 4.79 Å². The van der Waals surface area contributed by atoms with Gasteiger partial charge in [0.05, 0.1) is 18.6 Å². The maximum absolute atomic E-state index is 13.3. The van der Waals surface area contributed by atoms with Gasteiger partial charge in [0.2, 0.25) is 15.9 Å². The lowest BCUT2D eigenvalue weighted by Crippen LogP contribution is -2.47. The summed E-state index contributed by atoms with van der Waals surface area (Å²) in [5.41, 5.74) is 1.08. The first-order chi connectivity index (χ1) is 14.5. The van der Waals surface area contributed by atoms with Crippen molar-refractivity contribution in [3.63, 3.8) is 0 Å². The van der Waals surface area contributed by atoms with Gasteiger partial charge in [-0.15, -0.1) is 0 Å². The molecule has 0 heterocycles. The van der Waals surface area contributed by atoms with E-state index in [-0.39, 0.29) is 23.4 Å². The Balaban J connectivity index is 1.64. The number of carbonyl (C=O) groups is 1. The molecule has 1 aliphatic rings. The molecule has 0 saturated heterocycles. The number of benzene rings is 2. The minimum Gasteiger partial charge on any atom is -0.497 e. The summed E-state index contributed by atoms with van der Waals surface area (Å²) in [6, 6.07) is 15.9. The number of methoxy groups -OCH3 is 1. The Labute approximate surface area is 179 Å². The van der Waals surface area contributed by atoms with Gasteiger partial charge in [-0.2, -0.15) is 4.31 Å². The van der Waals surface area contributed by atoms with Crippen LogP contribution >= 0.6 is 0 Å². The van der Waals surface area contributed by atoms with E-state index in [0.29, 0.717) is 13.0 Å². The van der Waals surface area contributed by atoms with Gasteiger partial charge in [0.1, 0.15) is 5.75 Å². The van der Waals surface area contributed by atoms with Crippen LogP contribution in [0.5, 0.6) is 5.75 Å². The van der Waals surface area contributed by atoms with Crippen molar-refractivity contribution in [2.24, 2.45) is 0 Å². The highest BCUT2D eigenvalue weighted by molar-refractivity contribution is 7.89. The third-order valence-corrected chi connectivity index (χ3v) is 7.44. The molecule has 0 bridgehead atoms. The summed E-state index contributed by atoms with van der Waals surface area (Å²) in [5, 5.41) is 2.88. The van der Waals surface area contributed by atoms with Gasteiger partial charge >= 0.3 is 0 Å². The van der Waals surface area contributed by atoms with E-state index in [9.17, 15) is 13.2 Å². The largest absolute Gasteiger partial charge is 0.497 e. The van der Waals surface area contributed by atoms with Crippen molar-refractivity contribution in [3.8, 4) is 5.75 Å². The van der Waals surface area contributed by atoms with Crippen molar-refractivity contribution >= 4 is 15.9 Å². The summed E-state index contributed by atoms with van der Waals surface area (Å²) < 4.78 is 33.1. The van der Waals surface area contributed by atoms with E-state index in [1.165, 1.54) is 4.31 Å². The molecule has 0 unspecified atom stereocenters. The third kappa shape index (κ3) is 5.83. The van der Waals surface area contributed by atoms with Gasteiger partial charge in [0.15, 0.2) is 0 Å². The van der Waals surface area contributed by atoms with Crippen LogP contribution in [-0.2, 0) is 21.2 Å². The highest BCUT2D eigenvalue weighted by Crippen LogP contribution is 2.27. The second kappa shape index (κ2) is 10.6. The normalized spacial score (nSPS) is 15.1. The zero-order valence-electron chi connectivity index (χ0n) is 17.4. The van der Waals surface area contributed by atoms with Crippen molar-refractivity contribution < 1.29 is 17.9 Å². The lowest BCUT2D eigenvalue weighted by Gasteiger charge is -2.33. The number of hydrogen-bond acceptors (Lipinski definition) is 4. The molecule has 1 N–H and O–H groups in total. The van der Waals surface area contributed by atoms with Gasteiger partial charge in [0, 0.05) is 12.6 Å². The van der Waals surface area contributed by atoms with Gasteiger partial charge in [-0.1, -0.05) is 49.6 Å². The van der Waals surface area contributed by atoms with Crippen LogP contribution in [0.4, 0.5) is 0 Å². The van der Waals surface area contributed by atoms with E-state index < -0.39 is 10.0 Å². The summed E-state index contributed by atoms with van der Waals surface area (Å²) in [5.74, 6) is 0.519. The van der Waals surface area contributed by atoms with Gasteiger partial charge in [0.25, 0.3) is 0 Å². The molecule has 1 aliphatic carbocycles. The van der Waals surface area contributed by atoms with Crippen LogP contribution in [0.3, 0.4) is 0 Å². The van der Waals surface area contributed by atoms with Crippen molar-refractivity contribution in [1.29, 1.82) is 0 Å². The minimum absolute atomic E-state index is 0.128. The summed E-state index contributed by atoms with van der Waals surface area (Å²) in [6.07, 6.45) is 5.36. The number of nitrogens with one attached hydrogen (secondary N) is 1. The van der Waals surface area contributed by atoms with Gasteiger partial charge in [-0.25, -0.2) is 8.42 Å². The molecule has 1 fully saturated rings. The summed E-state index contributed by atoms with van der Waals surface area (Å²) in [7, 11) is -2.10. The topological polar surface area (TPSA) is 75.7 Å². The van der Waals surface area contributed by atoms with Crippen LogP contribution in [0, 0.1) is 0 Å². The Hall–Kier alpha value is -2.38. The average molecular weight is 431 g/mol. The molecule has 1 amide bonds. The van der Waals surface area contributed by atoms with E-state index in [4.69, 9.17) is 4.74 Å². The highest BCUT2D eigenvalue weighted by atomic mass is 32.2. The van der Waals surface area contributed by atoms with Crippen LogP contribution < -0.4 is 10.1 Å². The molecule has 0 radical (unpaired) electrons. The molecule has 0 aliphatic heterocycles. The van der Waals surface area contributed by atoms with Gasteiger partial charge in [-0.05, 0) is 49.1 Å². The first kappa shape index (κ1) is 22.3. The summed E-state index contributed by atoms with van der Waals surface area (Å²) in [4.78, 5) is 12.9. The van der Waals surface area contributed by atoms with Crippen LogP contribution in [0.25, 0.3) is 0 Å². The standard InChI is InChI=1S/C23H30N2O4S/c1-29-21-14-12-19(13-15-21)16-17-24-23(26)18-25(20-8-4-2-5-9-20)30(27,28)22-10-6-3-7-11-22/h3,6-7,10-15,20H,2,4-5,8-9,16-18H2,1H3,(H,24,26). The van der Waals surface area contributed by atoms with E-state index in [2.05, 4.69) is 5.32 Å². The average Bonchev–Trinajstić information content (AvgIpc) is 2.79. The van der Waals surface area contributed by atoms with Crippen molar-refractivity contribution in [2.45, 2.75) is 49.5 Å². The first-order valence-electron chi connectivity index (χ1n) is 10.5. The van der Waals surface area contributed by atoms with E-state index in [0.717, 1.165) is 43.4 Å². The summed E-state index contributed by atoms with van der Waals surface area (Å²) in [6.45, 7) is 0.305. The SMILES string of the molecule is COc1ccc(CCNC(=O)CN(C2CCCCC2)S(=O)(=O)c2ccccc2)cc1. The molecule has 0 aromatic heterocycles. The molecule has 7 heteroatoms. The Bertz CT molecular complexity index is 908. The molecular formula is C23H30N2O4S. The predicted molar refractivity (Wildman–Crippen MR) is 117 cm³/mol. The number of rotatable bonds is 9. The van der Waals surface area contributed by atoms with Crippen LogP contribution in [-0.4, -0.2) is 44.9 Å². The molecule has 30 heavy (non-hydrogen) atoms. The van der Waals surface area contributed by atoms with E-state index in [1.807, 2.05) is 24.3 Å². The number of hydrogen-bond donors (Lipinski definition) is 1. The Morgan fingerprint density at radius 3 is 2.33 bits per heavy atom. The number of amides is 1. The Morgan fingerprint density at radius 2 is 1.70 bits per heavy atom. The predicted octanol–water partition coefficient (Wildman–Crippen LogP) is 3.38. The Morgan fingerprint density at radius 1 is 1.03 bits per heavy atom. The maximum atomic E-state index is 13.3.